The van der Waals surface area contributed by atoms with Gasteiger partial charge >= 0.3 is 0 Å². The SMILES string of the molecule is CCC(C)N1CCN(c2cc(C)nc(C)c2C#N)CC1. The predicted octanol–water partition coefficient (Wildman–Crippen LogP) is 2.49. The maximum atomic E-state index is 9.37. The Morgan fingerprint density at radius 2 is 1.95 bits per heavy atom. The van der Waals surface area contributed by atoms with E-state index >= 15 is 0 Å². The second kappa shape index (κ2) is 6.23. The van der Waals surface area contributed by atoms with Crippen LogP contribution in [0.25, 0.3) is 0 Å². The molecular formula is C16H24N4. The number of hydrogen-bond donors (Lipinski definition) is 0. The molecule has 0 aliphatic carbocycles. The highest BCUT2D eigenvalue weighted by Crippen LogP contribution is 2.25. The Kier molecular flexibility index (Phi) is 4.61. The second-order valence-electron chi connectivity index (χ2n) is 5.64. The minimum atomic E-state index is 0.647. The van der Waals surface area contributed by atoms with Crippen molar-refractivity contribution in [1.82, 2.24) is 9.88 Å². The van der Waals surface area contributed by atoms with Gasteiger partial charge in [0.25, 0.3) is 0 Å². The van der Waals surface area contributed by atoms with Crippen LogP contribution in [0.15, 0.2) is 6.07 Å². The molecule has 0 bridgehead atoms. The van der Waals surface area contributed by atoms with Crippen LogP contribution in [-0.4, -0.2) is 42.1 Å². The van der Waals surface area contributed by atoms with E-state index in [0.717, 1.165) is 48.8 Å². The highest BCUT2D eigenvalue weighted by Gasteiger charge is 2.22. The molecule has 108 valence electrons. The van der Waals surface area contributed by atoms with Gasteiger partial charge in [0.15, 0.2) is 0 Å². The van der Waals surface area contributed by atoms with E-state index in [1.807, 2.05) is 19.9 Å². The van der Waals surface area contributed by atoms with Crippen molar-refractivity contribution in [3.05, 3.63) is 23.0 Å². The quantitative estimate of drug-likeness (QED) is 0.848. The molecule has 1 atom stereocenters. The Labute approximate surface area is 122 Å². The number of aromatic nitrogens is 1. The maximum absolute atomic E-state index is 9.37. The molecule has 1 aromatic rings. The van der Waals surface area contributed by atoms with Crippen LogP contribution in [-0.2, 0) is 0 Å². The third-order valence-corrected chi connectivity index (χ3v) is 4.29. The van der Waals surface area contributed by atoms with E-state index in [-0.39, 0.29) is 0 Å². The molecule has 2 rings (SSSR count). The zero-order chi connectivity index (χ0) is 14.7. The lowest BCUT2D eigenvalue weighted by Gasteiger charge is -2.39. The Bertz CT molecular complexity index is 510. The molecule has 20 heavy (non-hydrogen) atoms. The number of anilines is 1. The molecule has 4 heteroatoms. The molecule has 4 nitrogen and oxygen atoms in total. The van der Waals surface area contributed by atoms with Gasteiger partial charge in [0.05, 0.1) is 16.9 Å². The topological polar surface area (TPSA) is 43.2 Å². The van der Waals surface area contributed by atoms with E-state index in [2.05, 4.69) is 34.7 Å². The summed E-state index contributed by atoms with van der Waals surface area (Å²) in [6.07, 6.45) is 1.19. The van der Waals surface area contributed by atoms with Crippen molar-refractivity contribution < 1.29 is 0 Å². The van der Waals surface area contributed by atoms with Crippen LogP contribution in [0.2, 0.25) is 0 Å². The van der Waals surface area contributed by atoms with Crippen molar-refractivity contribution in [3.63, 3.8) is 0 Å². The van der Waals surface area contributed by atoms with Gasteiger partial charge in [0.1, 0.15) is 6.07 Å². The minimum absolute atomic E-state index is 0.647. The summed E-state index contributed by atoms with van der Waals surface area (Å²) >= 11 is 0. The van der Waals surface area contributed by atoms with E-state index in [4.69, 9.17) is 0 Å². The first-order valence-electron chi connectivity index (χ1n) is 7.44. The van der Waals surface area contributed by atoms with Crippen molar-refractivity contribution in [3.8, 4) is 6.07 Å². The number of aryl methyl sites for hydroxylation is 2. The molecule has 0 saturated carbocycles. The zero-order valence-corrected chi connectivity index (χ0v) is 13.0. The summed E-state index contributed by atoms with van der Waals surface area (Å²) in [4.78, 5) is 9.26. The Balaban J connectivity index is 2.17. The molecule has 1 saturated heterocycles. The van der Waals surface area contributed by atoms with Crippen LogP contribution in [0.3, 0.4) is 0 Å². The molecule has 1 aromatic heterocycles. The highest BCUT2D eigenvalue weighted by molar-refractivity contribution is 5.61. The van der Waals surface area contributed by atoms with Gasteiger partial charge < -0.3 is 4.90 Å². The fourth-order valence-electron chi connectivity index (χ4n) is 2.86. The normalized spacial score (nSPS) is 17.9. The smallest absolute Gasteiger partial charge is 0.103 e. The fraction of sp³-hybridized carbons (Fsp3) is 0.625. The van der Waals surface area contributed by atoms with Gasteiger partial charge in [-0.2, -0.15) is 5.26 Å². The lowest BCUT2D eigenvalue weighted by Crippen LogP contribution is -2.49. The Hall–Kier alpha value is -1.60. The molecule has 0 aromatic carbocycles. The van der Waals surface area contributed by atoms with Gasteiger partial charge in [0, 0.05) is 37.9 Å². The molecule has 0 amide bonds. The van der Waals surface area contributed by atoms with Gasteiger partial charge in [0.2, 0.25) is 0 Å². The van der Waals surface area contributed by atoms with Crippen LogP contribution in [0.5, 0.6) is 0 Å². The van der Waals surface area contributed by atoms with Crippen molar-refractivity contribution in [2.24, 2.45) is 0 Å². The monoisotopic (exact) mass is 272 g/mol. The fourth-order valence-corrected chi connectivity index (χ4v) is 2.86. The summed E-state index contributed by atoms with van der Waals surface area (Å²) in [5.41, 5.74) is 3.61. The first-order valence-corrected chi connectivity index (χ1v) is 7.44. The highest BCUT2D eigenvalue weighted by atomic mass is 15.3. The standard InChI is InChI=1S/C16H24N4/c1-5-13(3)19-6-8-20(9-7-19)16-10-12(2)18-14(4)15(16)11-17/h10,13H,5-9H2,1-4H3. The number of pyridine rings is 1. The molecule has 2 heterocycles. The third kappa shape index (κ3) is 2.94. The first kappa shape index (κ1) is 14.8. The lowest BCUT2D eigenvalue weighted by atomic mass is 10.1. The average Bonchev–Trinajstić information content (AvgIpc) is 2.46. The molecule has 1 aliphatic heterocycles. The van der Waals surface area contributed by atoms with Crippen molar-refractivity contribution in [2.75, 3.05) is 31.1 Å². The summed E-state index contributed by atoms with van der Waals surface area (Å²) in [6.45, 7) is 12.6. The summed E-state index contributed by atoms with van der Waals surface area (Å²) in [6, 6.07) is 5.01. The molecule has 0 radical (unpaired) electrons. The largest absolute Gasteiger partial charge is 0.368 e. The number of piperazine rings is 1. The number of nitrogens with zero attached hydrogens (tertiary/aromatic N) is 4. The average molecular weight is 272 g/mol. The van der Waals surface area contributed by atoms with Crippen molar-refractivity contribution in [2.45, 2.75) is 40.2 Å². The molecule has 1 aliphatic rings. The van der Waals surface area contributed by atoms with E-state index < -0.39 is 0 Å². The first-order chi connectivity index (χ1) is 9.56. The van der Waals surface area contributed by atoms with Crippen LogP contribution >= 0.6 is 0 Å². The zero-order valence-electron chi connectivity index (χ0n) is 13.0. The summed E-state index contributed by atoms with van der Waals surface area (Å²) in [5.74, 6) is 0. The second-order valence-corrected chi connectivity index (χ2v) is 5.64. The number of nitriles is 1. The van der Waals surface area contributed by atoms with Crippen LogP contribution in [0, 0.1) is 25.2 Å². The van der Waals surface area contributed by atoms with Crippen LogP contribution in [0.1, 0.15) is 37.2 Å². The molecular weight excluding hydrogens is 248 g/mol. The number of hydrogen-bond acceptors (Lipinski definition) is 4. The Morgan fingerprint density at radius 3 is 2.50 bits per heavy atom. The van der Waals surface area contributed by atoms with Gasteiger partial charge in [-0.3, -0.25) is 9.88 Å². The van der Waals surface area contributed by atoms with E-state index in [0.29, 0.717) is 6.04 Å². The maximum Gasteiger partial charge on any atom is 0.103 e. The Morgan fingerprint density at radius 1 is 1.30 bits per heavy atom. The van der Waals surface area contributed by atoms with Gasteiger partial charge in [-0.25, -0.2) is 0 Å². The van der Waals surface area contributed by atoms with E-state index in [1.165, 1.54) is 6.42 Å². The van der Waals surface area contributed by atoms with Gasteiger partial charge in [-0.05, 0) is 33.3 Å². The third-order valence-electron chi connectivity index (χ3n) is 4.29. The van der Waals surface area contributed by atoms with E-state index in [1.54, 1.807) is 0 Å². The lowest BCUT2D eigenvalue weighted by molar-refractivity contribution is 0.193. The minimum Gasteiger partial charge on any atom is -0.368 e. The van der Waals surface area contributed by atoms with Gasteiger partial charge in [-0.15, -0.1) is 0 Å². The molecule has 1 fully saturated rings. The molecule has 1 unspecified atom stereocenters. The van der Waals surface area contributed by atoms with Crippen molar-refractivity contribution >= 4 is 5.69 Å². The summed E-state index contributed by atoms with van der Waals surface area (Å²) in [5, 5.41) is 9.37. The summed E-state index contributed by atoms with van der Waals surface area (Å²) < 4.78 is 0. The summed E-state index contributed by atoms with van der Waals surface area (Å²) in [7, 11) is 0. The van der Waals surface area contributed by atoms with Crippen LogP contribution < -0.4 is 4.90 Å². The molecule has 0 N–H and O–H groups in total. The van der Waals surface area contributed by atoms with E-state index in [9.17, 15) is 5.26 Å². The molecule has 0 spiro atoms. The van der Waals surface area contributed by atoms with Gasteiger partial charge in [-0.1, -0.05) is 6.92 Å². The number of rotatable bonds is 3. The predicted molar refractivity (Wildman–Crippen MR) is 82.0 cm³/mol. The van der Waals surface area contributed by atoms with Crippen molar-refractivity contribution in [1.29, 1.82) is 5.26 Å². The van der Waals surface area contributed by atoms with Crippen LogP contribution in [0.4, 0.5) is 5.69 Å².